The maximum Gasteiger partial charge on any atom is 0.0568 e. The van der Waals surface area contributed by atoms with Gasteiger partial charge >= 0.3 is 0 Å². The Kier molecular flexibility index (Phi) is 2.39. The van der Waals surface area contributed by atoms with E-state index < -0.39 is 0 Å². The summed E-state index contributed by atoms with van der Waals surface area (Å²) in [5.41, 5.74) is 7.55. The minimum absolute atomic E-state index is 0.00821. The van der Waals surface area contributed by atoms with Crippen molar-refractivity contribution >= 4 is 6.08 Å². The number of hydrogen-bond acceptors (Lipinski definition) is 2. The summed E-state index contributed by atoms with van der Waals surface area (Å²) in [7, 11) is 0. The third kappa shape index (κ3) is 1.88. The predicted molar refractivity (Wildman–Crippen MR) is 46.9 cm³/mol. The van der Waals surface area contributed by atoms with Crippen LogP contribution in [0, 0.1) is 0 Å². The van der Waals surface area contributed by atoms with Crippen LogP contribution in [0.4, 0.5) is 0 Å². The predicted octanol–water partition coefficient (Wildman–Crippen LogP) is 1.74. The van der Waals surface area contributed by atoms with Crippen LogP contribution < -0.4 is 5.73 Å². The van der Waals surface area contributed by atoms with Gasteiger partial charge in [0.25, 0.3) is 0 Å². The Bertz CT molecular complexity index is 236. The number of nitrogens with zero attached hydrogens (tertiary/aromatic N) is 1. The summed E-state index contributed by atoms with van der Waals surface area (Å²) in [5, 5.41) is 0. The maximum atomic E-state index is 5.62. The van der Waals surface area contributed by atoms with Crippen molar-refractivity contribution in [3.05, 3.63) is 36.2 Å². The molecule has 1 aromatic heterocycles. The van der Waals surface area contributed by atoms with E-state index >= 15 is 0 Å². The summed E-state index contributed by atoms with van der Waals surface area (Å²) < 4.78 is 0. The van der Waals surface area contributed by atoms with Crippen LogP contribution in [0.5, 0.6) is 0 Å². The second-order valence-corrected chi connectivity index (χ2v) is 2.51. The van der Waals surface area contributed by atoms with Gasteiger partial charge in [0.2, 0.25) is 0 Å². The fraction of sp³-hybridized carbons (Fsp3) is 0.222. The van der Waals surface area contributed by atoms with E-state index in [1.54, 1.807) is 12.3 Å². The van der Waals surface area contributed by atoms with E-state index in [0.29, 0.717) is 0 Å². The highest BCUT2D eigenvalue weighted by molar-refractivity contribution is 5.45. The van der Waals surface area contributed by atoms with Crippen LogP contribution >= 0.6 is 0 Å². The molecule has 2 N–H and O–H groups in total. The lowest BCUT2D eigenvalue weighted by molar-refractivity contribution is 0.781. The number of nitrogens with two attached hydrogens (primary N) is 1. The number of pyridine rings is 1. The number of hydrogen-bond donors (Lipinski definition) is 1. The van der Waals surface area contributed by atoms with Gasteiger partial charge in [0.05, 0.1) is 5.69 Å². The molecule has 2 nitrogen and oxygen atoms in total. The Morgan fingerprint density at radius 2 is 2.36 bits per heavy atom. The van der Waals surface area contributed by atoms with Gasteiger partial charge < -0.3 is 5.73 Å². The van der Waals surface area contributed by atoms with E-state index in [1.807, 2.05) is 19.1 Å². The highest BCUT2D eigenvalue weighted by Crippen LogP contribution is 2.06. The Morgan fingerprint density at radius 3 is 2.73 bits per heavy atom. The van der Waals surface area contributed by atoms with Gasteiger partial charge in [-0.15, -0.1) is 0 Å². The van der Waals surface area contributed by atoms with E-state index in [0.717, 1.165) is 11.3 Å². The first-order valence-corrected chi connectivity index (χ1v) is 3.58. The highest BCUT2D eigenvalue weighted by atomic mass is 14.7. The monoisotopic (exact) mass is 148 g/mol. The van der Waals surface area contributed by atoms with E-state index in [2.05, 4.69) is 11.6 Å². The molecule has 0 aromatic carbocycles. The van der Waals surface area contributed by atoms with Crippen LogP contribution in [0.2, 0.25) is 0 Å². The van der Waals surface area contributed by atoms with E-state index in [-0.39, 0.29) is 6.04 Å². The van der Waals surface area contributed by atoms with Crippen LogP contribution in [0.3, 0.4) is 0 Å². The summed E-state index contributed by atoms with van der Waals surface area (Å²) in [5.74, 6) is 0. The lowest BCUT2D eigenvalue weighted by atomic mass is 10.2. The SMILES string of the molecule is C=Cc1ccc([C@H](C)N)nc1. The second-order valence-electron chi connectivity index (χ2n) is 2.51. The number of rotatable bonds is 2. The molecule has 0 radical (unpaired) electrons. The van der Waals surface area contributed by atoms with Gasteiger partial charge in [0.1, 0.15) is 0 Å². The number of aromatic nitrogens is 1. The smallest absolute Gasteiger partial charge is 0.0568 e. The van der Waals surface area contributed by atoms with E-state index in [1.165, 1.54) is 0 Å². The second kappa shape index (κ2) is 3.30. The van der Waals surface area contributed by atoms with Crippen molar-refractivity contribution in [1.82, 2.24) is 4.98 Å². The molecule has 0 saturated heterocycles. The Balaban J connectivity index is 2.91. The molecule has 1 aromatic rings. The summed E-state index contributed by atoms with van der Waals surface area (Å²) in [6, 6.07) is 3.88. The standard InChI is InChI=1S/C9H12N2/c1-3-8-4-5-9(7(2)10)11-6-8/h3-7H,1,10H2,2H3/t7-/m0/s1. The van der Waals surface area contributed by atoms with Crippen LogP contribution in [-0.4, -0.2) is 4.98 Å². The summed E-state index contributed by atoms with van der Waals surface area (Å²) in [4.78, 5) is 4.15. The molecule has 0 fully saturated rings. The molecule has 0 aliphatic carbocycles. The molecule has 0 spiro atoms. The molecule has 1 atom stereocenters. The van der Waals surface area contributed by atoms with Gasteiger partial charge in [-0.2, -0.15) is 0 Å². The summed E-state index contributed by atoms with van der Waals surface area (Å²) >= 11 is 0. The molecule has 2 heteroatoms. The van der Waals surface area contributed by atoms with Crippen molar-refractivity contribution in [2.75, 3.05) is 0 Å². The van der Waals surface area contributed by atoms with Gasteiger partial charge in [0, 0.05) is 12.2 Å². The zero-order valence-corrected chi connectivity index (χ0v) is 6.62. The molecule has 11 heavy (non-hydrogen) atoms. The fourth-order valence-corrected chi connectivity index (χ4v) is 0.807. The van der Waals surface area contributed by atoms with Crippen molar-refractivity contribution < 1.29 is 0 Å². The highest BCUT2D eigenvalue weighted by Gasteiger charge is 1.98. The van der Waals surface area contributed by atoms with E-state index in [9.17, 15) is 0 Å². The molecule has 0 unspecified atom stereocenters. The van der Waals surface area contributed by atoms with Crippen molar-refractivity contribution in [2.45, 2.75) is 13.0 Å². The van der Waals surface area contributed by atoms with Crippen molar-refractivity contribution in [3.8, 4) is 0 Å². The van der Waals surface area contributed by atoms with Gasteiger partial charge in [0.15, 0.2) is 0 Å². The van der Waals surface area contributed by atoms with Crippen LogP contribution in [0.15, 0.2) is 24.9 Å². The summed E-state index contributed by atoms with van der Waals surface area (Å²) in [6.07, 6.45) is 3.53. The van der Waals surface area contributed by atoms with Crippen molar-refractivity contribution in [1.29, 1.82) is 0 Å². The molecule has 1 heterocycles. The van der Waals surface area contributed by atoms with Crippen LogP contribution in [0.25, 0.3) is 6.08 Å². The normalized spacial score (nSPS) is 12.5. The third-order valence-electron chi connectivity index (χ3n) is 1.51. The Labute approximate surface area is 66.8 Å². The zero-order chi connectivity index (χ0) is 8.27. The molecular formula is C9H12N2. The first kappa shape index (κ1) is 7.95. The minimum atomic E-state index is 0.00821. The molecule has 0 saturated carbocycles. The topological polar surface area (TPSA) is 38.9 Å². The molecule has 0 bridgehead atoms. The van der Waals surface area contributed by atoms with Crippen molar-refractivity contribution in [2.24, 2.45) is 5.73 Å². The van der Waals surface area contributed by atoms with Gasteiger partial charge in [-0.25, -0.2) is 0 Å². The van der Waals surface area contributed by atoms with Crippen LogP contribution in [-0.2, 0) is 0 Å². The fourth-order valence-electron chi connectivity index (χ4n) is 0.807. The average molecular weight is 148 g/mol. The Morgan fingerprint density at radius 1 is 1.64 bits per heavy atom. The van der Waals surface area contributed by atoms with Gasteiger partial charge in [-0.05, 0) is 18.6 Å². The zero-order valence-electron chi connectivity index (χ0n) is 6.62. The van der Waals surface area contributed by atoms with E-state index in [4.69, 9.17) is 5.73 Å². The minimum Gasteiger partial charge on any atom is -0.323 e. The molecule has 1 rings (SSSR count). The third-order valence-corrected chi connectivity index (χ3v) is 1.51. The van der Waals surface area contributed by atoms with Gasteiger partial charge in [-0.1, -0.05) is 18.7 Å². The largest absolute Gasteiger partial charge is 0.323 e. The molecule has 0 amide bonds. The lowest BCUT2D eigenvalue weighted by Crippen LogP contribution is -2.06. The maximum absolute atomic E-state index is 5.62. The lowest BCUT2D eigenvalue weighted by Gasteiger charge is -2.02. The van der Waals surface area contributed by atoms with Gasteiger partial charge in [-0.3, -0.25) is 4.98 Å². The Hall–Kier alpha value is -1.15. The molecular weight excluding hydrogens is 136 g/mol. The molecule has 0 aliphatic rings. The molecule has 0 aliphatic heterocycles. The van der Waals surface area contributed by atoms with Crippen LogP contribution in [0.1, 0.15) is 24.2 Å². The van der Waals surface area contributed by atoms with Crippen molar-refractivity contribution in [3.63, 3.8) is 0 Å². The first-order valence-electron chi connectivity index (χ1n) is 3.58. The summed E-state index contributed by atoms with van der Waals surface area (Å²) in [6.45, 7) is 5.55. The molecule has 58 valence electrons. The quantitative estimate of drug-likeness (QED) is 0.693. The first-order chi connectivity index (χ1) is 5.24. The average Bonchev–Trinajstić information content (AvgIpc) is 2.05.